The zero-order valence-corrected chi connectivity index (χ0v) is 19.0. The Morgan fingerprint density at radius 3 is 2.65 bits per heavy atom. The summed E-state index contributed by atoms with van der Waals surface area (Å²) in [6.45, 7) is 4.85. The summed E-state index contributed by atoms with van der Waals surface area (Å²) in [4.78, 5) is 23.1. The molecule has 1 aromatic heterocycles. The first-order chi connectivity index (χ1) is 15.1. The number of aromatic nitrogens is 2. The first-order valence-electron chi connectivity index (χ1n) is 10.8. The third kappa shape index (κ3) is 5.40. The second kappa shape index (κ2) is 10.2. The topological polar surface area (TPSA) is 70.2 Å². The van der Waals surface area contributed by atoms with Crippen LogP contribution >= 0.6 is 11.8 Å². The number of nitrogens with zero attached hydrogens (tertiary/aromatic N) is 2. The number of fused-ring (bicyclic) bond motifs is 1. The molecule has 1 saturated heterocycles. The highest BCUT2D eigenvalue weighted by Gasteiger charge is 2.24. The van der Waals surface area contributed by atoms with Crippen molar-refractivity contribution in [2.75, 3.05) is 32.5 Å². The highest BCUT2D eigenvalue weighted by Crippen LogP contribution is 2.28. The van der Waals surface area contributed by atoms with Gasteiger partial charge in [-0.3, -0.25) is 9.69 Å². The number of thioether (sulfide) groups is 1. The van der Waals surface area contributed by atoms with Crippen molar-refractivity contribution >= 4 is 28.7 Å². The Morgan fingerprint density at radius 1 is 1.19 bits per heavy atom. The molecule has 6 nitrogen and oxygen atoms in total. The number of aromatic amines is 1. The quantitative estimate of drug-likeness (QED) is 0.521. The molecule has 2 heterocycles. The summed E-state index contributed by atoms with van der Waals surface area (Å²) in [6, 6.07) is 16.4. The van der Waals surface area contributed by atoms with E-state index >= 15 is 0 Å². The van der Waals surface area contributed by atoms with E-state index in [2.05, 4.69) is 39.2 Å². The number of rotatable bonds is 9. The van der Waals surface area contributed by atoms with E-state index in [4.69, 9.17) is 4.74 Å². The number of para-hydroxylation sites is 2. The summed E-state index contributed by atoms with van der Waals surface area (Å²) >= 11 is 1.60. The maximum Gasteiger partial charge on any atom is 0.230 e. The van der Waals surface area contributed by atoms with E-state index in [1.165, 1.54) is 18.4 Å². The first-order valence-corrected chi connectivity index (χ1v) is 11.9. The van der Waals surface area contributed by atoms with Gasteiger partial charge in [0.15, 0.2) is 0 Å². The van der Waals surface area contributed by atoms with E-state index in [0.717, 1.165) is 35.7 Å². The molecule has 0 spiro atoms. The number of carbonyl (C=O) groups is 1. The lowest BCUT2D eigenvalue weighted by atomic mass is 10.1. The molecule has 2 aromatic carbocycles. The Labute approximate surface area is 187 Å². The number of nitrogens with one attached hydrogen (secondary N) is 2. The number of benzene rings is 2. The standard InChI is InChI=1S/C24H30N4O2S/c1-17(24-26-20-7-3-4-8-21(20)27-24)31-16-23(29)25-15-22(28-13-5-6-14-28)18-9-11-19(30-2)12-10-18/h3-4,7-12,17,22H,5-6,13-16H2,1-2H3,(H,25,29)(H,26,27). The van der Waals surface area contributed by atoms with Gasteiger partial charge in [0.1, 0.15) is 11.6 Å². The number of methoxy groups -OCH3 is 1. The fourth-order valence-corrected chi connectivity index (χ4v) is 4.82. The molecule has 2 unspecified atom stereocenters. The van der Waals surface area contributed by atoms with Crippen LogP contribution in [0.1, 0.15) is 42.4 Å². The molecular weight excluding hydrogens is 408 g/mol. The Hall–Kier alpha value is -2.51. The van der Waals surface area contributed by atoms with Crippen molar-refractivity contribution < 1.29 is 9.53 Å². The van der Waals surface area contributed by atoms with Crippen molar-refractivity contribution in [3.8, 4) is 5.75 Å². The molecule has 2 atom stereocenters. The molecule has 1 aliphatic rings. The number of amides is 1. The molecule has 31 heavy (non-hydrogen) atoms. The Morgan fingerprint density at radius 2 is 1.94 bits per heavy atom. The minimum Gasteiger partial charge on any atom is -0.497 e. The zero-order valence-electron chi connectivity index (χ0n) is 18.1. The van der Waals surface area contributed by atoms with Crippen molar-refractivity contribution in [2.45, 2.75) is 31.1 Å². The van der Waals surface area contributed by atoms with E-state index in [1.807, 2.05) is 36.4 Å². The van der Waals surface area contributed by atoms with Gasteiger partial charge in [-0.15, -0.1) is 11.8 Å². The minimum absolute atomic E-state index is 0.0608. The third-order valence-corrected chi connectivity index (χ3v) is 6.98. The van der Waals surface area contributed by atoms with Gasteiger partial charge in [-0.05, 0) is 62.7 Å². The average molecular weight is 439 g/mol. The molecule has 2 N–H and O–H groups in total. The molecule has 164 valence electrons. The molecule has 1 fully saturated rings. The average Bonchev–Trinajstić information content (AvgIpc) is 3.48. The minimum atomic E-state index is 0.0608. The van der Waals surface area contributed by atoms with Crippen LogP contribution in [0.3, 0.4) is 0 Å². The molecule has 0 bridgehead atoms. The second-order valence-corrected chi connectivity index (χ2v) is 9.26. The van der Waals surface area contributed by atoms with Crippen LogP contribution in [0.4, 0.5) is 0 Å². The molecule has 7 heteroatoms. The highest BCUT2D eigenvalue weighted by molar-refractivity contribution is 8.00. The summed E-state index contributed by atoms with van der Waals surface area (Å²) in [5.41, 5.74) is 3.20. The van der Waals surface area contributed by atoms with Gasteiger partial charge < -0.3 is 15.0 Å². The first kappa shape index (κ1) is 21.7. The van der Waals surface area contributed by atoms with Gasteiger partial charge in [0.25, 0.3) is 0 Å². The largest absolute Gasteiger partial charge is 0.497 e. The van der Waals surface area contributed by atoms with Crippen LogP contribution in [0.15, 0.2) is 48.5 Å². The summed E-state index contributed by atoms with van der Waals surface area (Å²) in [7, 11) is 1.68. The molecule has 0 aliphatic carbocycles. The van der Waals surface area contributed by atoms with Gasteiger partial charge in [-0.25, -0.2) is 4.98 Å². The fourth-order valence-electron chi connectivity index (χ4n) is 4.04. The lowest BCUT2D eigenvalue weighted by Crippen LogP contribution is -2.37. The predicted molar refractivity (Wildman–Crippen MR) is 127 cm³/mol. The van der Waals surface area contributed by atoms with E-state index < -0.39 is 0 Å². The number of likely N-dealkylation sites (tertiary alicyclic amines) is 1. The normalized spacial score (nSPS) is 16.3. The predicted octanol–water partition coefficient (Wildman–Crippen LogP) is 4.32. The van der Waals surface area contributed by atoms with Crippen molar-refractivity contribution in [3.63, 3.8) is 0 Å². The summed E-state index contributed by atoms with van der Waals surface area (Å²) in [6.07, 6.45) is 2.43. The van der Waals surface area contributed by atoms with Crippen LogP contribution in [0, 0.1) is 0 Å². The van der Waals surface area contributed by atoms with Gasteiger partial charge in [0.05, 0.1) is 35.2 Å². The number of hydrogen-bond acceptors (Lipinski definition) is 5. The van der Waals surface area contributed by atoms with Crippen LogP contribution in [0.25, 0.3) is 11.0 Å². The maximum absolute atomic E-state index is 12.6. The van der Waals surface area contributed by atoms with Crippen LogP contribution < -0.4 is 10.1 Å². The van der Waals surface area contributed by atoms with Crippen molar-refractivity contribution in [3.05, 3.63) is 59.9 Å². The molecule has 0 saturated carbocycles. The number of imidazole rings is 1. The van der Waals surface area contributed by atoms with E-state index in [0.29, 0.717) is 12.3 Å². The summed E-state index contributed by atoms with van der Waals surface area (Å²) in [5.74, 6) is 2.23. The number of carbonyl (C=O) groups excluding carboxylic acids is 1. The fraction of sp³-hybridized carbons (Fsp3) is 0.417. The third-order valence-electron chi connectivity index (χ3n) is 5.83. The SMILES string of the molecule is COc1ccc(C(CNC(=O)CSC(C)c2nc3ccccc3[nH]2)N2CCCC2)cc1. The lowest BCUT2D eigenvalue weighted by Gasteiger charge is -2.28. The van der Waals surface area contributed by atoms with Crippen LogP contribution in [-0.4, -0.2) is 53.3 Å². The molecule has 1 aliphatic heterocycles. The molecule has 4 rings (SSSR count). The van der Waals surface area contributed by atoms with Gasteiger partial charge in [0.2, 0.25) is 5.91 Å². The van der Waals surface area contributed by atoms with Crippen LogP contribution in [0.5, 0.6) is 5.75 Å². The van der Waals surface area contributed by atoms with Gasteiger partial charge in [0, 0.05) is 6.54 Å². The van der Waals surface area contributed by atoms with Crippen molar-refractivity contribution in [2.24, 2.45) is 0 Å². The molecule has 1 amide bonds. The summed E-state index contributed by atoms with van der Waals surface area (Å²) < 4.78 is 5.29. The number of H-pyrrole nitrogens is 1. The van der Waals surface area contributed by atoms with Gasteiger partial charge in [-0.1, -0.05) is 24.3 Å². The number of ether oxygens (including phenoxy) is 1. The van der Waals surface area contributed by atoms with E-state index in [-0.39, 0.29) is 17.2 Å². The Bertz CT molecular complexity index is 965. The van der Waals surface area contributed by atoms with E-state index in [1.54, 1.807) is 18.9 Å². The molecule has 3 aromatic rings. The van der Waals surface area contributed by atoms with Gasteiger partial charge >= 0.3 is 0 Å². The highest BCUT2D eigenvalue weighted by atomic mass is 32.2. The molecule has 0 radical (unpaired) electrons. The second-order valence-electron chi connectivity index (χ2n) is 7.93. The summed E-state index contributed by atoms with van der Waals surface area (Å²) in [5, 5.41) is 3.28. The number of hydrogen-bond donors (Lipinski definition) is 2. The van der Waals surface area contributed by atoms with Crippen molar-refractivity contribution in [1.29, 1.82) is 0 Å². The van der Waals surface area contributed by atoms with Crippen LogP contribution in [-0.2, 0) is 4.79 Å². The van der Waals surface area contributed by atoms with E-state index in [9.17, 15) is 4.79 Å². The molecular formula is C24H30N4O2S. The monoisotopic (exact) mass is 438 g/mol. The smallest absolute Gasteiger partial charge is 0.230 e. The Kier molecular flexibility index (Phi) is 7.14. The zero-order chi connectivity index (χ0) is 21.6. The van der Waals surface area contributed by atoms with Crippen LogP contribution in [0.2, 0.25) is 0 Å². The Balaban J connectivity index is 1.32. The maximum atomic E-state index is 12.6. The lowest BCUT2D eigenvalue weighted by molar-refractivity contribution is -0.118. The van der Waals surface area contributed by atoms with Gasteiger partial charge in [-0.2, -0.15) is 0 Å². The van der Waals surface area contributed by atoms with Crippen molar-refractivity contribution in [1.82, 2.24) is 20.2 Å².